The van der Waals surface area contributed by atoms with Crippen LogP contribution in [0, 0.1) is 0 Å². The monoisotopic (exact) mass is 226 g/mol. The first-order valence-electron chi connectivity index (χ1n) is 6.01. The molecule has 0 saturated heterocycles. The molecule has 0 saturated carbocycles. The zero-order valence-electron chi connectivity index (χ0n) is 10.1. The molecule has 1 N–H and O–H groups in total. The number of pyridine rings is 1. The lowest BCUT2D eigenvalue weighted by Gasteiger charge is -2.13. The second-order valence-electron chi connectivity index (χ2n) is 4.33. The van der Waals surface area contributed by atoms with Gasteiger partial charge in [0.1, 0.15) is 0 Å². The van der Waals surface area contributed by atoms with E-state index in [2.05, 4.69) is 53.6 Å². The van der Waals surface area contributed by atoms with Gasteiger partial charge in [-0.2, -0.15) is 0 Å². The molecule has 0 amide bonds. The number of aromatic nitrogens is 1. The second-order valence-corrected chi connectivity index (χ2v) is 4.33. The molecule has 0 radical (unpaired) electrons. The van der Waals surface area contributed by atoms with Crippen LogP contribution in [0.4, 0.5) is 0 Å². The van der Waals surface area contributed by atoms with Gasteiger partial charge in [-0.25, -0.2) is 0 Å². The molecule has 0 aliphatic heterocycles. The van der Waals surface area contributed by atoms with Gasteiger partial charge in [-0.05, 0) is 30.5 Å². The highest BCUT2D eigenvalue weighted by Gasteiger charge is 2.02. The van der Waals surface area contributed by atoms with Crippen molar-refractivity contribution in [1.82, 2.24) is 10.3 Å². The van der Waals surface area contributed by atoms with E-state index in [0.29, 0.717) is 6.04 Å². The minimum atomic E-state index is 0.470. The van der Waals surface area contributed by atoms with E-state index in [4.69, 9.17) is 0 Å². The zero-order chi connectivity index (χ0) is 11.9. The summed E-state index contributed by atoms with van der Waals surface area (Å²) in [6.45, 7) is 3.09. The maximum atomic E-state index is 4.11. The smallest absolute Gasteiger partial charge is 0.0312 e. The maximum Gasteiger partial charge on any atom is 0.0312 e. The van der Waals surface area contributed by atoms with Crippen molar-refractivity contribution in [2.24, 2.45) is 0 Å². The molecule has 17 heavy (non-hydrogen) atoms. The van der Waals surface area contributed by atoms with E-state index in [9.17, 15) is 0 Å². The highest BCUT2D eigenvalue weighted by molar-refractivity contribution is 5.16. The molecule has 2 nitrogen and oxygen atoms in total. The summed E-state index contributed by atoms with van der Waals surface area (Å²) in [5.74, 6) is 0. The lowest BCUT2D eigenvalue weighted by atomic mass is 10.1. The van der Waals surface area contributed by atoms with Crippen molar-refractivity contribution >= 4 is 0 Å². The van der Waals surface area contributed by atoms with Crippen LogP contribution in [0.3, 0.4) is 0 Å². The number of nitrogens with zero attached hydrogens (tertiary/aromatic N) is 1. The fourth-order valence-electron chi connectivity index (χ4n) is 1.83. The lowest BCUT2D eigenvalue weighted by molar-refractivity contribution is 0.545. The Morgan fingerprint density at radius 3 is 2.53 bits per heavy atom. The Kier molecular flexibility index (Phi) is 4.28. The average molecular weight is 226 g/mol. The van der Waals surface area contributed by atoms with Gasteiger partial charge in [-0.15, -0.1) is 0 Å². The van der Waals surface area contributed by atoms with Gasteiger partial charge in [0.25, 0.3) is 0 Å². The summed E-state index contributed by atoms with van der Waals surface area (Å²) in [4.78, 5) is 4.11. The van der Waals surface area contributed by atoms with Crippen LogP contribution in [0.25, 0.3) is 0 Å². The van der Waals surface area contributed by atoms with Gasteiger partial charge in [0, 0.05) is 25.0 Å². The van der Waals surface area contributed by atoms with Gasteiger partial charge >= 0.3 is 0 Å². The van der Waals surface area contributed by atoms with Crippen molar-refractivity contribution in [2.45, 2.75) is 25.9 Å². The molecule has 0 spiro atoms. The summed E-state index contributed by atoms with van der Waals surface area (Å²) in [6.07, 6.45) is 4.76. The summed E-state index contributed by atoms with van der Waals surface area (Å²) in [6, 6.07) is 15.1. The van der Waals surface area contributed by atoms with Crippen LogP contribution in [-0.2, 0) is 13.0 Å². The fourth-order valence-corrected chi connectivity index (χ4v) is 1.83. The molecule has 0 bridgehead atoms. The van der Waals surface area contributed by atoms with Crippen LogP contribution in [0.5, 0.6) is 0 Å². The number of benzene rings is 1. The van der Waals surface area contributed by atoms with Crippen molar-refractivity contribution in [1.29, 1.82) is 0 Å². The van der Waals surface area contributed by atoms with Crippen molar-refractivity contribution in [2.75, 3.05) is 0 Å². The van der Waals surface area contributed by atoms with E-state index in [-0.39, 0.29) is 0 Å². The Labute approximate surface area is 103 Å². The molecule has 2 aromatic rings. The predicted molar refractivity (Wildman–Crippen MR) is 70.7 cm³/mol. The van der Waals surface area contributed by atoms with Gasteiger partial charge in [0.2, 0.25) is 0 Å². The summed E-state index contributed by atoms with van der Waals surface area (Å²) in [7, 11) is 0. The SMILES string of the molecule is CC(Cc1ccccc1)NCc1cccnc1. The summed E-state index contributed by atoms with van der Waals surface area (Å²) in [5.41, 5.74) is 2.60. The molecule has 1 heterocycles. The first-order chi connectivity index (χ1) is 8.34. The molecule has 2 rings (SSSR count). The Balaban J connectivity index is 1.80. The van der Waals surface area contributed by atoms with Crippen LogP contribution in [0.15, 0.2) is 54.9 Å². The van der Waals surface area contributed by atoms with Crippen LogP contribution in [0.1, 0.15) is 18.1 Å². The number of nitrogens with one attached hydrogen (secondary N) is 1. The van der Waals surface area contributed by atoms with Crippen LogP contribution < -0.4 is 5.32 Å². The van der Waals surface area contributed by atoms with E-state index in [1.165, 1.54) is 11.1 Å². The van der Waals surface area contributed by atoms with E-state index in [1.54, 1.807) is 6.20 Å². The topological polar surface area (TPSA) is 24.9 Å². The van der Waals surface area contributed by atoms with Crippen LogP contribution in [0.2, 0.25) is 0 Å². The molecular formula is C15H18N2. The van der Waals surface area contributed by atoms with E-state index in [0.717, 1.165) is 13.0 Å². The number of rotatable bonds is 5. The Bertz CT molecular complexity index is 425. The molecule has 1 aromatic carbocycles. The standard InChI is InChI=1S/C15H18N2/c1-13(10-14-6-3-2-4-7-14)17-12-15-8-5-9-16-11-15/h2-9,11,13,17H,10,12H2,1H3. The largest absolute Gasteiger partial charge is 0.310 e. The number of hydrogen-bond acceptors (Lipinski definition) is 2. The molecular weight excluding hydrogens is 208 g/mol. The van der Waals surface area contributed by atoms with Gasteiger partial charge in [-0.3, -0.25) is 4.98 Å². The summed E-state index contributed by atoms with van der Waals surface area (Å²) < 4.78 is 0. The first-order valence-corrected chi connectivity index (χ1v) is 6.01. The first kappa shape index (κ1) is 11.8. The third-order valence-electron chi connectivity index (χ3n) is 2.76. The van der Waals surface area contributed by atoms with E-state index < -0.39 is 0 Å². The highest BCUT2D eigenvalue weighted by atomic mass is 14.9. The Hall–Kier alpha value is -1.67. The average Bonchev–Trinajstić information content (AvgIpc) is 2.39. The maximum absolute atomic E-state index is 4.11. The molecule has 0 aliphatic carbocycles. The zero-order valence-corrected chi connectivity index (χ0v) is 10.1. The molecule has 0 fully saturated rings. The third-order valence-corrected chi connectivity index (χ3v) is 2.76. The normalized spacial score (nSPS) is 12.3. The molecule has 2 heteroatoms. The summed E-state index contributed by atoms with van der Waals surface area (Å²) in [5, 5.41) is 3.51. The van der Waals surface area contributed by atoms with Crippen LogP contribution >= 0.6 is 0 Å². The predicted octanol–water partition coefficient (Wildman–Crippen LogP) is 2.80. The summed E-state index contributed by atoms with van der Waals surface area (Å²) >= 11 is 0. The van der Waals surface area contributed by atoms with Crippen molar-refractivity contribution in [3.05, 3.63) is 66.0 Å². The minimum absolute atomic E-state index is 0.470. The lowest BCUT2D eigenvalue weighted by Crippen LogP contribution is -2.27. The van der Waals surface area contributed by atoms with Crippen LogP contribution in [-0.4, -0.2) is 11.0 Å². The van der Waals surface area contributed by atoms with Crippen molar-refractivity contribution in [3.63, 3.8) is 0 Å². The van der Waals surface area contributed by atoms with Gasteiger partial charge in [0.05, 0.1) is 0 Å². The third kappa shape index (κ3) is 4.00. The minimum Gasteiger partial charge on any atom is -0.310 e. The van der Waals surface area contributed by atoms with Gasteiger partial charge in [0.15, 0.2) is 0 Å². The Morgan fingerprint density at radius 1 is 1.06 bits per heavy atom. The Morgan fingerprint density at radius 2 is 1.82 bits per heavy atom. The van der Waals surface area contributed by atoms with Crippen molar-refractivity contribution in [3.8, 4) is 0 Å². The van der Waals surface area contributed by atoms with Gasteiger partial charge in [-0.1, -0.05) is 36.4 Å². The quantitative estimate of drug-likeness (QED) is 0.848. The number of hydrogen-bond donors (Lipinski definition) is 1. The second kappa shape index (κ2) is 6.16. The molecule has 0 aliphatic rings. The fraction of sp³-hybridized carbons (Fsp3) is 0.267. The molecule has 1 unspecified atom stereocenters. The highest BCUT2D eigenvalue weighted by Crippen LogP contribution is 2.03. The molecule has 88 valence electrons. The van der Waals surface area contributed by atoms with Crippen molar-refractivity contribution < 1.29 is 0 Å². The van der Waals surface area contributed by atoms with E-state index in [1.807, 2.05) is 12.3 Å². The van der Waals surface area contributed by atoms with Gasteiger partial charge < -0.3 is 5.32 Å². The molecule has 1 atom stereocenters. The van der Waals surface area contributed by atoms with E-state index >= 15 is 0 Å². The molecule has 1 aromatic heterocycles.